The molecule has 0 radical (unpaired) electrons. The average molecular weight is 819 g/mol. The lowest BCUT2D eigenvalue weighted by atomic mass is 9.98. The van der Waals surface area contributed by atoms with E-state index < -0.39 is 0 Å². The maximum atomic E-state index is 13.5. The molecule has 0 atom stereocenters. The fourth-order valence-electron chi connectivity index (χ4n) is 8.97. The molecule has 302 valence electrons. The van der Waals surface area contributed by atoms with Gasteiger partial charge in [0.2, 0.25) is 0 Å². The molecule has 3 heteroatoms. The second kappa shape index (κ2) is 16.7. The number of aromatic nitrogens is 1. The molecule has 64 heavy (non-hydrogen) atoms. The predicted molar refractivity (Wildman–Crippen MR) is 269 cm³/mol. The van der Waals surface area contributed by atoms with Gasteiger partial charge in [0, 0.05) is 33.5 Å². The van der Waals surface area contributed by atoms with Gasteiger partial charge in [0.25, 0.3) is 0 Å². The van der Waals surface area contributed by atoms with Crippen LogP contribution in [0.15, 0.2) is 260 Å². The van der Waals surface area contributed by atoms with Crippen molar-refractivity contribution in [3.63, 3.8) is 0 Å². The summed E-state index contributed by atoms with van der Waals surface area (Å²) in [6.07, 6.45) is 0. The summed E-state index contributed by atoms with van der Waals surface area (Å²) in [5.41, 5.74) is 17.7. The fourth-order valence-corrected chi connectivity index (χ4v) is 8.97. The van der Waals surface area contributed by atoms with Crippen molar-refractivity contribution in [1.82, 2.24) is 4.57 Å². The largest absolute Gasteiger partial charge is 0.311 e. The third kappa shape index (κ3) is 7.36. The second-order valence-corrected chi connectivity index (χ2v) is 16.1. The molecule has 11 rings (SSSR count). The fraction of sp³-hybridized carbons (Fsp3) is 0. The van der Waals surface area contributed by atoms with E-state index in [-0.39, 0.29) is 5.43 Å². The molecular formula is C61H42N2O. The predicted octanol–water partition coefficient (Wildman–Crippen LogP) is 15.9. The van der Waals surface area contributed by atoms with Crippen molar-refractivity contribution in [1.29, 1.82) is 0 Å². The first-order valence-corrected chi connectivity index (χ1v) is 21.7. The van der Waals surface area contributed by atoms with Crippen LogP contribution in [-0.4, -0.2) is 4.57 Å². The SMILES string of the molecule is O=c1c2ccccc2n(-c2cccc(-c3ccc(N(c4ccc(-c5cccc(-c6ccccc6)c5)cc4)c4ccc(-c5cccc(-c6ccccc6)c5)cc4)cc3)c2)c2ccccc12. The zero-order valence-corrected chi connectivity index (χ0v) is 35.1. The standard InChI is InChI=1S/C61H42N2O/c64-61-57-24-7-9-26-59(57)63(60-27-10-8-25-58(60)61)56-23-13-22-52(42-56)47-32-38-55(39-33-47)62(53-34-28-45(29-35-53)50-20-11-18-48(40-50)43-14-3-1-4-15-43)54-36-30-46(31-37-54)51-21-12-19-49(41-51)44-16-5-2-6-17-44/h1-42H. The lowest BCUT2D eigenvalue weighted by Crippen LogP contribution is -2.10. The average Bonchev–Trinajstić information content (AvgIpc) is 3.38. The summed E-state index contributed by atoms with van der Waals surface area (Å²) in [7, 11) is 0. The summed E-state index contributed by atoms with van der Waals surface area (Å²) >= 11 is 0. The first-order chi connectivity index (χ1) is 31.6. The van der Waals surface area contributed by atoms with Crippen molar-refractivity contribution in [2.45, 2.75) is 0 Å². The maximum absolute atomic E-state index is 13.5. The zero-order valence-electron chi connectivity index (χ0n) is 35.1. The molecule has 1 aromatic heterocycles. The van der Waals surface area contributed by atoms with Gasteiger partial charge < -0.3 is 9.47 Å². The van der Waals surface area contributed by atoms with Gasteiger partial charge in [-0.1, -0.05) is 170 Å². The first kappa shape index (κ1) is 38.4. The van der Waals surface area contributed by atoms with E-state index in [1.165, 1.54) is 33.4 Å². The van der Waals surface area contributed by atoms with E-state index >= 15 is 0 Å². The summed E-state index contributed by atoms with van der Waals surface area (Å²) in [5, 5.41) is 1.41. The summed E-state index contributed by atoms with van der Waals surface area (Å²) in [6, 6.07) is 89.5. The van der Waals surface area contributed by atoms with E-state index in [1.54, 1.807) is 0 Å². The van der Waals surface area contributed by atoms with Crippen LogP contribution < -0.4 is 10.3 Å². The second-order valence-electron chi connectivity index (χ2n) is 16.1. The molecule has 11 aromatic rings. The van der Waals surface area contributed by atoms with Crippen LogP contribution in [0.25, 0.3) is 83.1 Å². The molecule has 0 saturated heterocycles. The van der Waals surface area contributed by atoms with Gasteiger partial charge in [0.15, 0.2) is 5.43 Å². The molecule has 10 aromatic carbocycles. The van der Waals surface area contributed by atoms with Gasteiger partial charge in [-0.25, -0.2) is 0 Å². The van der Waals surface area contributed by atoms with Crippen LogP contribution in [0.1, 0.15) is 0 Å². The topological polar surface area (TPSA) is 25.2 Å². The molecular weight excluding hydrogens is 777 g/mol. The van der Waals surface area contributed by atoms with Gasteiger partial charge >= 0.3 is 0 Å². The van der Waals surface area contributed by atoms with E-state index in [2.05, 4.69) is 216 Å². The number of fused-ring (bicyclic) bond motifs is 2. The first-order valence-electron chi connectivity index (χ1n) is 21.7. The Morgan fingerprint density at radius 3 is 0.984 bits per heavy atom. The molecule has 0 bridgehead atoms. The summed E-state index contributed by atoms with van der Waals surface area (Å²) < 4.78 is 2.20. The number of anilines is 3. The van der Waals surface area contributed by atoms with Crippen molar-refractivity contribution in [2.24, 2.45) is 0 Å². The summed E-state index contributed by atoms with van der Waals surface area (Å²) in [6.45, 7) is 0. The minimum atomic E-state index is 0.0533. The highest BCUT2D eigenvalue weighted by molar-refractivity contribution is 5.95. The van der Waals surface area contributed by atoms with Gasteiger partial charge in [0.05, 0.1) is 11.0 Å². The van der Waals surface area contributed by atoms with Crippen LogP contribution in [0.4, 0.5) is 17.1 Å². The highest BCUT2D eigenvalue weighted by Gasteiger charge is 2.16. The van der Waals surface area contributed by atoms with E-state index in [9.17, 15) is 4.79 Å². The molecule has 0 aliphatic rings. The van der Waals surface area contributed by atoms with E-state index in [4.69, 9.17) is 0 Å². The van der Waals surface area contributed by atoms with Crippen LogP contribution >= 0.6 is 0 Å². The van der Waals surface area contributed by atoms with Crippen molar-refractivity contribution < 1.29 is 0 Å². The zero-order chi connectivity index (χ0) is 42.8. The summed E-state index contributed by atoms with van der Waals surface area (Å²) in [4.78, 5) is 15.8. The van der Waals surface area contributed by atoms with Crippen LogP contribution in [0.2, 0.25) is 0 Å². The summed E-state index contributed by atoms with van der Waals surface area (Å²) in [5.74, 6) is 0. The normalized spacial score (nSPS) is 11.2. The van der Waals surface area contributed by atoms with Crippen LogP contribution in [0.3, 0.4) is 0 Å². The molecule has 0 unspecified atom stereocenters. The molecule has 0 N–H and O–H groups in total. The molecule has 0 aliphatic heterocycles. The molecule has 0 aliphatic carbocycles. The third-order valence-corrected chi connectivity index (χ3v) is 12.2. The number of pyridine rings is 1. The molecule has 0 spiro atoms. The number of para-hydroxylation sites is 2. The van der Waals surface area contributed by atoms with Gasteiger partial charge in [-0.3, -0.25) is 4.79 Å². The Morgan fingerprint density at radius 1 is 0.266 bits per heavy atom. The monoisotopic (exact) mass is 818 g/mol. The van der Waals surface area contributed by atoms with Crippen molar-refractivity contribution in [3.8, 4) is 61.3 Å². The Bertz CT molecular complexity index is 3300. The quantitative estimate of drug-likeness (QED) is 0.136. The van der Waals surface area contributed by atoms with Gasteiger partial charge in [-0.15, -0.1) is 0 Å². The molecule has 0 fully saturated rings. The number of hydrogen-bond acceptors (Lipinski definition) is 2. The van der Waals surface area contributed by atoms with Crippen LogP contribution in [0, 0.1) is 0 Å². The Labute approximate surface area is 373 Å². The van der Waals surface area contributed by atoms with Gasteiger partial charge in [-0.05, 0) is 141 Å². The Kier molecular flexibility index (Phi) is 10.0. The molecule has 0 amide bonds. The van der Waals surface area contributed by atoms with E-state index in [0.29, 0.717) is 10.8 Å². The number of nitrogens with zero attached hydrogens (tertiary/aromatic N) is 2. The lowest BCUT2D eigenvalue weighted by molar-refractivity contribution is 1.16. The van der Waals surface area contributed by atoms with E-state index in [0.717, 1.165) is 56.0 Å². The lowest BCUT2D eigenvalue weighted by Gasteiger charge is -2.26. The smallest absolute Gasteiger partial charge is 0.197 e. The van der Waals surface area contributed by atoms with Crippen LogP contribution in [-0.2, 0) is 0 Å². The van der Waals surface area contributed by atoms with Gasteiger partial charge in [-0.2, -0.15) is 0 Å². The molecule has 3 nitrogen and oxygen atoms in total. The maximum Gasteiger partial charge on any atom is 0.197 e. The highest BCUT2D eigenvalue weighted by Crippen LogP contribution is 2.39. The van der Waals surface area contributed by atoms with Crippen molar-refractivity contribution >= 4 is 38.9 Å². The number of rotatable bonds is 9. The highest BCUT2D eigenvalue weighted by atomic mass is 16.1. The molecule has 0 saturated carbocycles. The van der Waals surface area contributed by atoms with E-state index in [1.807, 2.05) is 48.5 Å². The van der Waals surface area contributed by atoms with Gasteiger partial charge in [0.1, 0.15) is 0 Å². The minimum Gasteiger partial charge on any atom is -0.311 e. The third-order valence-electron chi connectivity index (χ3n) is 12.2. The Hall–Kier alpha value is -8.53. The van der Waals surface area contributed by atoms with Crippen molar-refractivity contribution in [2.75, 3.05) is 4.90 Å². The number of benzene rings is 10. The Morgan fingerprint density at radius 2 is 0.578 bits per heavy atom. The minimum absolute atomic E-state index is 0.0533. The van der Waals surface area contributed by atoms with Crippen LogP contribution in [0.5, 0.6) is 0 Å². The van der Waals surface area contributed by atoms with Crippen molar-refractivity contribution in [3.05, 3.63) is 265 Å². The molecule has 1 heterocycles. The number of hydrogen-bond donors (Lipinski definition) is 0. The Balaban J connectivity index is 0.960.